The highest BCUT2D eigenvalue weighted by atomic mass is 35.5. The van der Waals surface area contributed by atoms with E-state index in [1.54, 1.807) is 6.92 Å². The second kappa shape index (κ2) is 7.96. The minimum absolute atomic E-state index is 0.260. The fourth-order valence-corrected chi connectivity index (χ4v) is 2.21. The molecular weight excluding hydrogens is 242 g/mol. The molecule has 0 amide bonds. The molecule has 16 heavy (non-hydrogen) atoms. The summed E-state index contributed by atoms with van der Waals surface area (Å²) in [5.41, 5.74) is 0. The van der Waals surface area contributed by atoms with Crippen molar-refractivity contribution in [2.45, 2.75) is 24.3 Å². The van der Waals surface area contributed by atoms with Gasteiger partial charge >= 0.3 is 0 Å². The molecule has 2 nitrogen and oxygen atoms in total. The van der Waals surface area contributed by atoms with E-state index < -0.39 is 0 Å². The topological polar surface area (TPSA) is 32.3 Å². The quantitative estimate of drug-likeness (QED) is 0.583. The van der Waals surface area contributed by atoms with Crippen molar-refractivity contribution in [1.82, 2.24) is 5.32 Å². The van der Waals surface area contributed by atoms with Gasteiger partial charge in [-0.2, -0.15) is 0 Å². The van der Waals surface area contributed by atoms with Gasteiger partial charge in [0.2, 0.25) is 0 Å². The van der Waals surface area contributed by atoms with Crippen LogP contribution in [0.5, 0.6) is 0 Å². The summed E-state index contributed by atoms with van der Waals surface area (Å²) in [7, 11) is 0. The highest BCUT2D eigenvalue weighted by molar-refractivity contribution is 7.99. The molecule has 2 N–H and O–H groups in total. The van der Waals surface area contributed by atoms with E-state index in [0.29, 0.717) is 6.54 Å². The lowest BCUT2D eigenvalue weighted by atomic mass is 10.4. The number of benzene rings is 1. The van der Waals surface area contributed by atoms with Gasteiger partial charge in [-0.15, -0.1) is 11.8 Å². The highest BCUT2D eigenvalue weighted by Crippen LogP contribution is 2.20. The van der Waals surface area contributed by atoms with Crippen molar-refractivity contribution in [3.05, 3.63) is 29.3 Å². The Labute approximate surface area is 106 Å². The largest absolute Gasteiger partial charge is 0.392 e. The minimum atomic E-state index is -0.260. The van der Waals surface area contributed by atoms with Crippen molar-refractivity contribution in [2.24, 2.45) is 0 Å². The van der Waals surface area contributed by atoms with Crippen LogP contribution in [-0.4, -0.2) is 30.1 Å². The molecule has 0 radical (unpaired) electrons. The Balaban J connectivity index is 2.05. The maximum Gasteiger partial charge on any atom is 0.0636 e. The number of nitrogens with one attached hydrogen (secondary N) is 1. The number of aliphatic hydroxyl groups is 1. The molecule has 0 saturated carbocycles. The monoisotopic (exact) mass is 259 g/mol. The summed E-state index contributed by atoms with van der Waals surface area (Å²) in [4.78, 5) is 1.25. The Morgan fingerprint density at radius 2 is 2.06 bits per heavy atom. The van der Waals surface area contributed by atoms with E-state index in [4.69, 9.17) is 16.7 Å². The molecule has 0 heterocycles. The standard InChI is InChI=1S/C12H18ClNOS/c1-10(15)9-14-7-2-8-16-12-5-3-11(13)4-6-12/h3-6,10,14-15H,2,7-9H2,1H3/t10-/m1/s1. The number of hydrogen-bond acceptors (Lipinski definition) is 3. The lowest BCUT2D eigenvalue weighted by molar-refractivity contribution is 0.191. The van der Waals surface area contributed by atoms with Crippen molar-refractivity contribution in [3.63, 3.8) is 0 Å². The zero-order valence-electron chi connectivity index (χ0n) is 9.45. The summed E-state index contributed by atoms with van der Waals surface area (Å²) in [5, 5.41) is 13.0. The van der Waals surface area contributed by atoms with Crippen LogP contribution in [0.3, 0.4) is 0 Å². The summed E-state index contributed by atoms with van der Waals surface area (Å²) >= 11 is 7.63. The molecule has 0 aliphatic rings. The molecule has 1 aromatic rings. The lowest BCUT2D eigenvalue weighted by Gasteiger charge is -2.06. The molecule has 0 fully saturated rings. The van der Waals surface area contributed by atoms with Crippen molar-refractivity contribution >= 4 is 23.4 Å². The van der Waals surface area contributed by atoms with Crippen LogP contribution in [0.1, 0.15) is 13.3 Å². The van der Waals surface area contributed by atoms with E-state index in [1.165, 1.54) is 4.90 Å². The molecule has 0 aliphatic carbocycles. The van der Waals surface area contributed by atoms with Gasteiger partial charge in [0.15, 0.2) is 0 Å². The minimum Gasteiger partial charge on any atom is -0.392 e. The first-order chi connectivity index (χ1) is 7.68. The normalized spacial score (nSPS) is 12.7. The van der Waals surface area contributed by atoms with Crippen LogP contribution >= 0.6 is 23.4 Å². The van der Waals surface area contributed by atoms with Crippen molar-refractivity contribution in [2.75, 3.05) is 18.8 Å². The second-order valence-electron chi connectivity index (χ2n) is 3.71. The van der Waals surface area contributed by atoms with Gasteiger partial charge in [-0.3, -0.25) is 0 Å². The number of thioether (sulfide) groups is 1. The maximum atomic E-state index is 9.03. The number of halogens is 1. The summed E-state index contributed by atoms with van der Waals surface area (Å²) in [6.07, 6.45) is 0.837. The first kappa shape index (κ1) is 13.8. The predicted molar refractivity (Wildman–Crippen MR) is 71.3 cm³/mol. The van der Waals surface area contributed by atoms with Gasteiger partial charge in [0.05, 0.1) is 6.10 Å². The predicted octanol–water partition coefficient (Wildman–Crippen LogP) is 2.79. The summed E-state index contributed by atoms with van der Waals surface area (Å²) in [6.45, 7) is 3.41. The number of hydrogen-bond donors (Lipinski definition) is 2. The summed E-state index contributed by atoms with van der Waals surface area (Å²) in [5.74, 6) is 1.08. The third kappa shape index (κ3) is 6.38. The Bertz CT molecular complexity index is 290. The van der Waals surface area contributed by atoms with E-state index in [0.717, 1.165) is 23.7 Å². The Hall–Kier alpha value is -0.220. The molecule has 1 rings (SSSR count). The number of aliphatic hydroxyl groups excluding tert-OH is 1. The van der Waals surface area contributed by atoms with Crippen molar-refractivity contribution < 1.29 is 5.11 Å². The molecule has 4 heteroatoms. The van der Waals surface area contributed by atoms with E-state index in [2.05, 4.69) is 5.32 Å². The number of rotatable bonds is 7. The molecular formula is C12H18ClNOS. The van der Waals surface area contributed by atoms with Crippen molar-refractivity contribution in [1.29, 1.82) is 0 Å². The zero-order chi connectivity index (χ0) is 11.8. The SMILES string of the molecule is C[C@@H](O)CNCCCSc1ccc(Cl)cc1. The van der Waals surface area contributed by atoms with Gasteiger partial charge < -0.3 is 10.4 Å². The molecule has 0 saturated heterocycles. The first-order valence-corrected chi connectivity index (χ1v) is 6.82. The van der Waals surface area contributed by atoms with E-state index in [1.807, 2.05) is 36.0 Å². The van der Waals surface area contributed by atoms with Gasteiger partial charge in [0.25, 0.3) is 0 Å². The van der Waals surface area contributed by atoms with E-state index in [-0.39, 0.29) is 6.10 Å². The van der Waals surface area contributed by atoms with Gasteiger partial charge in [-0.25, -0.2) is 0 Å². The van der Waals surface area contributed by atoms with Crippen LogP contribution in [-0.2, 0) is 0 Å². The van der Waals surface area contributed by atoms with E-state index in [9.17, 15) is 0 Å². The van der Waals surface area contributed by atoms with Crippen LogP contribution in [0.4, 0.5) is 0 Å². The third-order valence-corrected chi connectivity index (χ3v) is 3.37. The molecule has 1 aromatic carbocycles. The fraction of sp³-hybridized carbons (Fsp3) is 0.500. The Morgan fingerprint density at radius 3 is 2.69 bits per heavy atom. The zero-order valence-corrected chi connectivity index (χ0v) is 11.0. The smallest absolute Gasteiger partial charge is 0.0636 e. The van der Waals surface area contributed by atoms with Crippen LogP contribution in [0, 0.1) is 0 Å². The molecule has 0 spiro atoms. The van der Waals surface area contributed by atoms with Crippen LogP contribution < -0.4 is 5.32 Å². The van der Waals surface area contributed by atoms with Gasteiger partial charge in [0.1, 0.15) is 0 Å². The fourth-order valence-electron chi connectivity index (χ4n) is 1.23. The molecule has 90 valence electrons. The molecule has 0 bridgehead atoms. The van der Waals surface area contributed by atoms with Crippen LogP contribution in [0.15, 0.2) is 29.2 Å². The summed E-state index contributed by atoms with van der Waals surface area (Å²) < 4.78 is 0. The van der Waals surface area contributed by atoms with Crippen LogP contribution in [0.25, 0.3) is 0 Å². The first-order valence-electron chi connectivity index (χ1n) is 5.45. The maximum absolute atomic E-state index is 9.03. The Morgan fingerprint density at radius 1 is 1.38 bits per heavy atom. The Kier molecular flexibility index (Phi) is 6.88. The molecule has 0 unspecified atom stereocenters. The van der Waals surface area contributed by atoms with Crippen molar-refractivity contribution in [3.8, 4) is 0 Å². The second-order valence-corrected chi connectivity index (χ2v) is 5.31. The average Bonchev–Trinajstić information content (AvgIpc) is 2.25. The third-order valence-electron chi connectivity index (χ3n) is 2.02. The summed E-state index contributed by atoms with van der Waals surface area (Å²) in [6, 6.07) is 7.90. The van der Waals surface area contributed by atoms with Gasteiger partial charge in [-0.1, -0.05) is 11.6 Å². The van der Waals surface area contributed by atoms with E-state index >= 15 is 0 Å². The van der Waals surface area contributed by atoms with Gasteiger partial charge in [-0.05, 0) is 49.9 Å². The van der Waals surface area contributed by atoms with Gasteiger partial charge in [0, 0.05) is 16.5 Å². The average molecular weight is 260 g/mol. The highest BCUT2D eigenvalue weighted by Gasteiger charge is 1.96. The lowest BCUT2D eigenvalue weighted by Crippen LogP contribution is -2.25. The van der Waals surface area contributed by atoms with Crippen LogP contribution in [0.2, 0.25) is 5.02 Å². The molecule has 0 aromatic heterocycles. The molecule has 1 atom stereocenters. The molecule has 0 aliphatic heterocycles.